The third kappa shape index (κ3) is 9.41. The lowest BCUT2D eigenvalue weighted by Crippen LogP contribution is -2.41. The second kappa shape index (κ2) is 17.8. The van der Waals surface area contributed by atoms with Crippen LogP contribution in [0, 0.1) is 0 Å². The number of rotatable bonds is 9. The molecule has 0 spiro atoms. The van der Waals surface area contributed by atoms with Crippen molar-refractivity contribution in [1.82, 2.24) is 10.2 Å². The van der Waals surface area contributed by atoms with Gasteiger partial charge in [0.05, 0.1) is 35.7 Å². The van der Waals surface area contributed by atoms with Gasteiger partial charge in [0.2, 0.25) is 0 Å². The summed E-state index contributed by atoms with van der Waals surface area (Å²) in [7, 11) is 0. The van der Waals surface area contributed by atoms with Crippen molar-refractivity contribution in [3.63, 3.8) is 0 Å². The first-order valence-corrected chi connectivity index (χ1v) is 17.9. The molecule has 12 heteroatoms. The Bertz CT molecular complexity index is 2330. The van der Waals surface area contributed by atoms with Gasteiger partial charge in [-0.15, -0.1) is 0 Å². The van der Waals surface area contributed by atoms with Gasteiger partial charge in [-0.3, -0.25) is 19.3 Å². The van der Waals surface area contributed by atoms with Crippen LogP contribution in [0.5, 0.6) is 0 Å². The number of halogens is 2. The molecule has 0 unspecified atom stereocenters. The van der Waals surface area contributed by atoms with Crippen LogP contribution in [-0.4, -0.2) is 73.1 Å². The number of carboxylic acids is 1. The topological polar surface area (TPSA) is 137 Å². The minimum atomic E-state index is -1.15. The summed E-state index contributed by atoms with van der Waals surface area (Å²) in [6.45, 7) is 4.40. The summed E-state index contributed by atoms with van der Waals surface area (Å²) >= 11 is 12.0. The van der Waals surface area contributed by atoms with Crippen LogP contribution in [0.4, 0.5) is 11.4 Å². The number of anilines is 2. The normalized spacial score (nSPS) is 12.7. The second-order valence-electron chi connectivity index (χ2n) is 12.4. The number of fused-ring (bicyclic) bond motifs is 2. The monoisotopic (exact) mass is 762 g/mol. The molecule has 0 aliphatic carbocycles. The van der Waals surface area contributed by atoms with Crippen molar-refractivity contribution in [3.05, 3.63) is 154 Å². The van der Waals surface area contributed by atoms with E-state index in [0.29, 0.717) is 52.2 Å². The maximum atomic E-state index is 13.0. The van der Waals surface area contributed by atoms with Gasteiger partial charge in [-0.25, -0.2) is 4.79 Å². The Morgan fingerprint density at radius 2 is 1.07 bits per heavy atom. The number of aromatic carboxylic acids is 1. The average Bonchev–Trinajstić information content (AvgIpc) is 3.19. The molecule has 3 amide bonds. The van der Waals surface area contributed by atoms with Crippen LogP contribution < -0.4 is 16.0 Å². The molecule has 54 heavy (non-hydrogen) atoms. The summed E-state index contributed by atoms with van der Waals surface area (Å²) in [5.41, 5.74) is 1.95. The summed E-state index contributed by atoms with van der Waals surface area (Å²) in [4.78, 5) is 51.9. The molecule has 0 bridgehead atoms. The summed E-state index contributed by atoms with van der Waals surface area (Å²) in [5.74, 6) is -2.07. The minimum Gasteiger partial charge on any atom is -0.478 e. The lowest BCUT2D eigenvalue weighted by molar-refractivity contribution is 0.0383. The third-order valence-electron chi connectivity index (χ3n) is 8.82. The Balaban J connectivity index is 0.000000193. The lowest BCUT2D eigenvalue weighted by Gasteiger charge is -2.26. The highest BCUT2D eigenvalue weighted by atomic mass is 35.5. The zero-order chi connectivity index (χ0) is 38.0. The fourth-order valence-corrected chi connectivity index (χ4v) is 6.43. The largest absolute Gasteiger partial charge is 0.478 e. The molecule has 274 valence electrons. The number of amides is 3. The smallest absolute Gasteiger partial charge is 0.337 e. The molecule has 1 aliphatic heterocycles. The SMILES string of the molecule is O=C(NCCN1CCOCC1)c1cc(Cl)ccc1NC(=O)c1cccc2ccccc12.O=C(O)c1cc(Cl)ccc1NC(=O)c1cccc2ccccc12. The van der Waals surface area contributed by atoms with E-state index >= 15 is 0 Å². The van der Waals surface area contributed by atoms with E-state index in [2.05, 4.69) is 20.9 Å². The number of carboxylic acid groups (broad SMARTS) is 1. The number of benzene rings is 6. The second-order valence-corrected chi connectivity index (χ2v) is 13.2. The highest BCUT2D eigenvalue weighted by Gasteiger charge is 2.18. The molecular weight excluding hydrogens is 727 g/mol. The van der Waals surface area contributed by atoms with Gasteiger partial charge in [-0.2, -0.15) is 0 Å². The van der Waals surface area contributed by atoms with Crippen LogP contribution in [0.3, 0.4) is 0 Å². The first kappa shape index (κ1) is 38.0. The first-order chi connectivity index (χ1) is 26.2. The predicted octanol–water partition coefficient (Wildman–Crippen LogP) is 8.25. The summed E-state index contributed by atoms with van der Waals surface area (Å²) in [6.07, 6.45) is 0. The quantitative estimate of drug-likeness (QED) is 0.116. The average molecular weight is 764 g/mol. The molecule has 7 rings (SSSR count). The number of hydrogen-bond donors (Lipinski definition) is 4. The van der Waals surface area contributed by atoms with Gasteiger partial charge in [0, 0.05) is 47.4 Å². The third-order valence-corrected chi connectivity index (χ3v) is 9.29. The Labute approximate surface area is 321 Å². The molecule has 1 fully saturated rings. The molecule has 10 nitrogen and oxygen atoms in total. The number of carbonyl (C=O) groups excluding carboxylic acids is 3. The predicted molar refractivity (Wildman–Crippen MR) is 213 cm³/mol. The molecule has 0 atom stereocenters. The van der Waals surface area contributed by atoms with E-state index in [-0.39, 0.29) is 29.0 Å². The van der Waals surface area contributed by atoms with Crippen molar-refractivity contribution < 1.29 is 29.0 Å². The Kier molecular flexibility index (Phi) is 12.5. The van der Waals surface area contributed by atoms with Crippen LogP contribution in [0.2, 0.25) is 10.0 Å². The maximum Gasteiger partial charge on any atom is 0.337 e. The van der Waals surface area contributed by atoms with Crippen molar-refractivity contribution in [2.45, 2.75) is 0 Å². The molecule has 0 radical (unpaired) electrons. The summed E-state index contributed by atoms with van der Waals surface area (Å²) < 4.78 is 5.34. The van der Waals surface area contributed by atoms with Crippen molar-refractivity contribution in [1.29, 1.82) is 0 Å². The number of carbonyl (C=O) groups is 4. The summed E-state index contributed by atoms with van der Waals surface area (Å²) in [6, 6.07) is 35.4. The Morgan fingerprint density at radius 1 is 0.593 bits per heavy atom. The number of ether oxygens (including phenoxy) is 1. The van der Waals surface area contributed by atoms with E-state index in [1.54, 1.807) is 36.4 Å². The standard InChI is InChI=1S/C24H24ClN3O3.C18H12ClNO3/c25-18-8-9-22(21(16-18)23(29)26-10-11-28-12-14-31-15-13-28)27-24(30)20-7-3-5-17-4-1-2-6-19(17)20;19-12-8-9-16(15(10-12)18(22)23)20-17(21)14-7-3-5-11-4-1-2-6-13(11)14/h1-9,16H,10-15H2,(H,26,29)(H,27,30);1-10H,(H,20,21)(H,22,23). The number of nitrogens with zero attached hydrogens (tertiary/aromatic N) is 1. The van der Waals surface area contributed by atoms with E-state index in [1.165, 1.54) is 18.2 Å². The maximum absolute atomic E-state index is 13.0. The van der Waals surface area contributed by atoms with E-state index in [0.717, 1.165) is 41.2 Å². The van der Waals surface area contributed by atoms with E-state index in [4.69, 9.17) is 27.9 Å². The lowest BCUT2D eigenvalue weighted by atomic mass is 10.0. The van der Waals surface area contributed by atoms with Gasteiger partial charge in [-0.1, -0.05) is 96.0 Å². The van der Waals surface area contributed by atoms with Crippen molar-refractivity contribution in [2.75, 3.05) is 50.0 Å². The van der Waals surface area contributed by atoms with Crippen LogP contribution >= 0.6 is 23.2 Å². The van der Waals surface area contributed by atoms with Gasteiger partial charge in [0.1, 0.15) is 0 Å². The van der Waals surface area contributed by atoms with Crippen molar-refractivity contribution in [3.8, 4) is 0 Å². The zero-order valence-corrected chi connectivity index (χ0v) is 30.5. The molecule has 0 aromatic heterocycles. The van der Waals surface area contributed by atoms with Crippen LogP contribution in [0.1, 0.15) is 41.4 Å². The van der Waals surface area contributed by atoms with E-state index in [1.807, 2.05) is 66.7 Å². The van der Waals surface area contributed by atoms with Crippen LogP contribution in [-0.2, 0) is 4.74 Å². The minimum absolute atomic E-state index is 0.0499. The van der Waals surface area contributed by atoms with Crippen molar-refractivity contribution >= 4 is 79.8 Å². The molecule has 4 N–H and O–H groups in total. The first-order valence-electron chi connectivity index (χ1n) is 17.2. The zero-order valence-electron chi connectivity index (χ0n) is 29.0. The van der Waals surface area contributed by atoms with Gasteiger partial charge >= 0.3 is 5.97 Å². The molecule has 1 heterocycles. The number of morpholine rings is 1. The number of hydrogen-bond acceptors (Lipinski definition) is 6. The Morgan fingerprint density at radius 3 is 1.61 bits per heavy atom. The summed E-state index contributed by atoms with van der Waals surface area (Å²) in [5, 5.41) is 22.0. The molecule has 1 aliphatic rings. The molecule has 1 saturated heterocycles. The molecule has 0 saturated carbocycles. The highest BCUT2D eigenvalue weighted by molar-refractivity contribution is 6.31. The highest BCUT2D eigenvalue weighted by Crippen LogP contribution is 2.26. The molecule has 6 aromatic rings. The van der Waals surface area contributed by atoms with E-state index in [9.17, 15) is 24.3 Å². The van der Waals surface area contributed by atoms with E-state index < -0.39 is 5.97 Å². The fraction of sp³-hybridized carbons (Fsp3) is 0.143. The van der Waals surface area contributed by atoms with Gasteiger partial charge in [0.15, 0.2) is 0 Å². The molecular formula is C42H36Cl2N4O6. The van der Waals surface area contributed by atoms with Gasteiger partial charge in [-0.05, 0) is 70.1 Å². The fourth-order valence-electron chi connectivity index (χ4n) is 6.09. The van der Waals surface area contributed by atoms with Gasteiger partial charge < -0.3 is 25.8 Å². The van der Waals surface area contributed by atoms with Crippen LogP contribution in [0.25, 0.3) is 21.5 Å². The Hall–Kier alpha value is -5.78. The van der Waals surface area contributed by atoms with Gasteiger partial charge in [0.25, 0.3) is 17.7 Å². The number of nitrogens with one attached hydrogen (secondary N) is 3. The van der Waals surface area contributed by atoms with Crippen molar-refractivity contribution in [2.24, 2.45) is 0 Å². The van der Waals surface area contributed by atoms with Crippen LogP contribution in [0.15, 0.2) is 121 Å². The molecule has 6 aromatic carbocycles.